The summed E-state index contributed by atoms with van der Waals surface area (Å²) in [5, 5.41) is 3.48. The molecule has 2 aliphatic rings. The number of likely N-dealkylation sites (tertiary alicyclic amines) is 1. The smallest absolute Gasteiger partial charge is 0.416 e. The predicted octanol–water partition coefficient (Wildman–Crippen LogP) is 7.22. The number of benzene rings is 2. The first-order valence-electron chi connectivity index (χ1n) is 15.6. The number of anilines is 2. The number of likely N-dealkylation sites (N-methyl/N-ethyl adjacent to an activating group) is 1. The van der Waals surface area contributed by atoms with Crippen LogP contribution >= 0.6 is 0 Å². The first-order chi connectivity index (χ1) is 21.0. The molecule has 3 atom stereocenters. The Bertz CT molecular complexity index is 1520. The van der Waals surface area contributed by atoms with E-state index < -0.39 is 17.6 Å². The molecule has 1 aliphatic carbocycles. The Morgan fingerprint density at radius 1 is 1.02 bits per heavy atom. The molecule has 0 bridgehead atoms. The lowest BCUT2D eigenvalue weighted by atomic mass is 9.89. The van der Waals surface area contributed by atoms with Crippen LogP contribution in [0.3, 0.4) is 0 Å². The second-order valence-electron chi connectivity index (χ2n) is 12.6. The number of ketones is 1. The van der Waals surface area contributed by atoms with Gasteiger partial charge in [0.2, 0.25) is 0 Å². The number of hydrogen-bond donors (Lipinski definition) is 2. The average Bonchev–Trinajstić information content (AvgIpc) is 3.48. The fourth-order valence-corrected chi connectivity index (χ4v) is 7.29. The van der Waals surface area contributed by atoms with E-state index in [4.69, 9.17) is 10.5 Å². The van der Waals surface area contributed by atoms with E-state index in [2.05, 4.69) is 23.3 Å². The van der Waals surface area contributed by atoms with Gasteiger partial charge in [0, 0.05) is 18.9 Å². The number of nitrogens with zero attached hydrogens (tertiary/aromatic N) is 2. The predicted molar refractivity (Wildman–Crippen MR) is 167 cm³/mol. The van der Waals surface area contributed by atoms with Crippen molar-refractivity contribution in [1.29, 1.82) is 0 Å². The maximum absolute atomic E-state index is 13.4. The molecule has 1 aliphatic heterocycles. The largest absolute Gasteiger partial charge is 0.492 e. The lowest BCUT2D eigenvalue weighted by molar-refractivity contribution is -0.137. The Morgan fingerprint density at radius 2 is 1.77 bits per heavy atom. The monoisotopic (exact) mass is 612 g/mol. The van der Waals surface area contributed by atoms with Gasteiger partial charge in [-0.15, -0.1) is 0 Å². The number of fused-ring (bicyclic) bond motifs is 1. The molecule has 0 spiro atoms. The molecule has 3 aromatic rings. The summed E-state index contributed by atoms with van der Waals surface area (Å²) < 4.78 is 47.3. The molecule has 2 fully saturated rings. The second-order valence-corrected chi connectivity index (χ2v) is 12.6. The minimum Gasteiger partial charge on any atom is -0.492 e. The zero-order valence-electron chi connectivity index (χ0n) is 25.8. The highest BCUT2D eigenvalue weighted by Crippen LogP contribution is 2.40. The summed E-state index contributed by atoms with van der Waals surface area (Å²) >= 11 is 0. The number of aromatic nitrogens is 1. The Balaban J connectivity index is 1.26. The van der Waals surface area contributed by atoms with Crippen LogP contribution in [0.2, 0.25) is 0 Å². The molecule has 2 heterocycles. The molecule has 5 rings (SSSR count). The van der Waals surface area contributed by atoms with Crippen LogP contribution in [0.4, 0.5) is 24.5 Å². The first-order valence-corrected chi connectivity index (χ1v) is 15.6. The second kappa shape index (κ2) is 13.2. The number of para-hydroxylation sites is 1. The molecule has 7 nitrogen and oxygen atoms in total. The molecule has 44 heavy (non-hydrogen) atoms. The molecule has 1 aromatic heterocycles. The average molecular weight is 613 g/mol. The molecule has 1 amide bonds. The number of hydrogen-bond acceptors (Lipinski definition) is 5. The third kappa shape index (κ3) is 6.90. The SMILES string of the molecule is COc1c(N)cc(C(F)(F)F)cc1NC(=O)c1cc2cccc(CCC3CCCC(CC(=O)C4CCCN4C)CC3)c2n1C. The summed E-state index contributed by atoms with van der Waals surface area (Å²) in [6, 6.07) is 9.49. The zero-order valence-corrected chi connectivity index (χ0v) is 25.8. The number of amides is 1. The maximum Gasteiger partial charge on any atom is 0.416 e. The van der Waals surface area contributed by atoms with Crippen molar-refractivity contribution in [2.24, 2.45) is 18.9 Å². The zero-order chi connectivity index (χ0) is 31.6. The molecule has 3 N–H and O–H groups in total. The van der Waals surface area contributed by atoms with Gasteiger partial charge in [0.25, 0.3) is 5.91 Å². The molecular weight excluding hydrogens is 569 g/mol. The van der Waals surface area contributed by atoms with Gasteiger partial charge in [-0.2, -0.15) is 13.2 Å². The van der Waals surface area contributed by atoms with Gasteiger partial charge in [-0.05, 0) is 81.3 Å². The highest BCUT2D eigenvalue weighted by atomic mass is 19.4. The van der Waals surface area contributed by atoms with Crippen molar-refractivity contribution >= 4 is 34.0 Å². The molecule has 1 saturated heterocycles. The van der Waals surface area contributed by atoms with Crippen molar-refractivity contribution in [3.63, 3.8) is 0 Å². The van der Waals surface area contributed by atoms with E-state index in [9.17, 15) is 22.8 Å². The van der Waals surface area contributed by atoms with Crippen LogP contribution in [-0.4, -0.2) is 47.9 Å². The Morgan fingerprint density at radius 3 is 2.48 bits per heavy atom. The van der Waals surface area contributed by atoms with Gasteiger partial charge in [0.1, 0.15) is 11.5 Å². The number of nitrogens with two attached hydrogens (primary N) is 1. The number of ether oxygens (including phenoxy) is 1. The Kier molecular flexibility index (Phi) is 9.58. The summed E-state index contributed by atoms with van der Waals surface area (Å²) in [5.74, 6) is 0.899. The third-order valence-corrected chi connectivity index (χ3v) is 9.68. The van der Waals surface area contributed by atoms with Crippen LogP contribution in [0.1, 0.15) is 79.4 Å². The van der Waals surface area contributed by atoms with E-state index in [1.54, 1.807) is 17.7 Å². The number of halogens is 3. The summed E-state index contributed by atoms with van der Waals surface area (Å²) in [5.41, 5.74) is 6.88. The lowest BCUT2D eigenvalue weighted by Crippen LogP contribution is -2.33. The quantitative estimate of drug-likeness (QED) is 0.197. The minimum atomic E-state index is -4.63. The summed E-state index contributed by atoms with van der Waals surface area (Å²) in [7, 11) is 5.15. The number of Topliss-reactive ketones (excluding diaryl/α,β-unsaturated/α-hetero) is 1. The highest BCUT2D eigenvalue weighted by Gasteiger charge is 2.33. The van der Waals surface area contributed by atoms with Gasteiger partial charge in [0.15, 0.2) is 5.75 Å². The van der Waals surface area contributed by atoms with Crippen LogP contribution in [0.25, 0.3) is 10.9 Å². The van der Waals surface area contributed by atoms with E-state index in [0.717, 1.165) is 92.9 Å². The van der Waals surface area contributed by atoms with Gasteiger partial charge < -0.3 is 20.4 Å². The van der Waals surface area contributed by atoms with E-state index in [-0.39, 0.29) is 23.2 Å². The third-order valence-electron chi connectivity index (χ3n) is 9.68. The molecule has 0 radical (unpaired) electrons. The van der Waals surface area contributed by atoms with Crippen LogP contribution < -0.4 is 15.8 Å². The number of aryl methyl sites for hydroxylation is 2. The molecular formula is C34H43F3N4O3. The maximum atomic E-state index is 13.4. The number of nitrogen functional groups attached to an aromatic ring is 1. The fourth-order valence-electron chi connectivity index (χ4n) is 7.29. The van der Waals surface area contributed by atoms with Gasteiger partial charge >= 0.3 is 6.18 Å². The van der Waals surface area contributed by atoms with E-state index >= 15 is 0 Å². The van der Waals surface area contributed by atoms with Gasteiger partial charge in [0.05, 0.1) is 35.6 Å². The fraction of sp³-hybridized carbons (Fsp3) is 0.529. The summed E-state index contributed by atoms with van der Waals surface area (Å²) in [6.07, 6.45) is 5.70. The van der Waals surface area contributed by atoms with Crippen molar-refractivity contribution < 1.29 is 27.5 Å². The molecule has 10 heteroatoms. The molecule has 1 saturated carbocycles. The topological polar surface area (TPSA) is 89.6 Å². The van der Waals surface area contributed by atoms with Crippen LogP contribution in [0.15, 0.2) is 36.4 Å². The number of rotatable bonds is 9. The van der Waals surface area contributed by atoms with Crippen molar-refractivity contribution in [3.05, 3.63) is 53.2 Å². The molecule has 3 unspecified atom stereocenters. The summed E-state index contributed by atoms with van der Waals surface area (Å²) in [4.78, 5) is 28.5. The Hall–Kier alpha value is -3.53. The number of nitrogens with one attached hydrogen (secondary N) is 1. The molecule has 2 aromatic carbocycles. The van der Waals surface area contributed by atoms with Gasteiger partial charge in [-0.1, -0.05) is 43.9 Å². The standard InChI is InChI=1S/C34H43F3N4O3/c1-40-16-6-11-28(40)30(42)17-22-8-4-7-21(12-13-22)14-15-23-9-5-10-24-18-29(41(2)31(23)24)33(43)39-27-20-25(34(35,36)37)19-26(38)32(27)44-3/h5,9-10,18-22,28H,4,6-8,11-17,38H2,1-3H3,(H,39,43). The van der Waals surface area contributed by atoms with Crippen molar-refractivity contribution in [2.45, 2.75) is 76.4 Å². The number of carbonyl (C=O) groups is 2. The lowest BCUT2D eigenvalue weighted by Gasteiger charge is -2.21. The van der Waals surface area contributed by atoms with E-state index in [0.29, 0.717) is 29.7 Å². The Labute approximate surface area is 256 Å². The van der Waals surface area contributed by atoms with Crippen LogP contribution in [-0.2, 0) is 24.4 Å². The van der Waals surface area contributed by atoms with Crippen molar-refractivity contribution in [2.75, 3.05) is 31.8 Å². The van der Waals surface area contributed by atoms with Gasteiger partial charge in [-0.25, -0.2) is 0 Å². The number of alkyl halides is 3. The first kappa shape index (κ1) is 31.9. The summed E-state index contributed by atoms with van der Waals surface area (Å²) in [6.45, 7) is 1.02. The highest BCUT2D eigenvalue weighted by molar-refractivity contribution is 6.07. The van der Waals surface area contributed by atoms with E-state index in [1.165, 1.54) is 7.11 Å². The normalized spacial score (nSPS) is 21.4. The van der Waals surface area contributed by atoms with Crippen LogP contribution in [0, 0.1) is 11.8 Å². The molecule has 238 valence electrons. The number of carbonyl (C=O) groups excluding carboxylic acids is 2. The van der Waals surface area contributed by atoms with Crippen molar-refractivity contribution in [1.82, 2.24) is 9.47 Å². The van der Waals surface area contributed by atoms with Crippen molar-refractivity contribution in [3.8, 4) is 5.75 Å². The number of methoxy groups -OCH3 is 1. The minimum absolute atomic E-state index is 0.0216. The van der Waals surface area contributed by atoms with E-state index in [1.807, 2.05) is 12.1 Å². The van der Waals surface area contributed by atoms with Crippen LogP contribution in [0.5, 0.6) is 5.75 Å². The van der Waals surface area contributed by atoms with Gasteiger partial charge in [-0.3, -0.25) is 14.5 Å².